The molecular formula is C7H8INO. The Morgan fingerprint density at radius 2 is 2.20 bits per heavy atom. The third kappa shape index (κ3) is 1.34. The normalized spacial score (nSPS) is 9.40. The van der Waals surface area contributed by atoms with E-state index in [0.717, 1.165) is 9.32 Å². The number of nitrogen functional groups attached to an aromatic ring is 1. The molecule has 0 heterocycles. The van der Waals surface area contributed by atoms with Crippen LogP contribution in [0.25, 0.3) is 0 Å². The fourth-order valence-corrected chi connectivity index (χ4v) is 1.48. The van der Waals surface area contributed by atoms with E-state index >= 15 is 0 Å². The van der Waals surface area contributed by atoms with Crippen LogP contribution in [-0.2, 0) is 0 Å². The van der Waals surface area contributed by atoms with Gasteiger partial charge in [0.2, 0.25) is 0 Å². The summed E-state index contributed by atoms with van der Waals surface area (Å²) in [5.41, 5.74) is 6.29. The summed E-state index contributed by atoms with van der Waals surface area (Å²) in [4.78, 5) is 0. The SMILES string of the molecule is COc1c(N)cccc1I. The van der Waals surface area contributed by atoms with E-state index in [-0.39, 0.29) is 0 Å². The fraction of sp³-hybridized carbons (Fsp3) is 0.143. The van der Waals surface area contributed by atoms with Crippen LogP contribution in [0.4, 0.5) is 5.69 Å². The molecule has 54 valence electrons. The minimum Gasteiger partial charge on any atom is -0.493 e. The van der Waals surface area contributed by atoms with Crippen LogP contribution in [0.2, 0.25) is 0 Å². The summed E-state index contributed by atoms with van der Waals surface area (Å²) < 4.78 is 6.08. The average Bonchev–Trinajstić information content (AvgIpc) is 1.88. The van der Waals surface area contributed by atoms with Gasteiger partial charge < -0.3 is 10.5 Å². The average molecular weight is 249 g/mol. The number of anilines is 1. The molecule has 0 radical (unpaired) electrons. The number of methoxy groups -OCH3 is 1. The van der Waals surface area contributed by atoms with Gasteiger partial charge in [0.15, 0.2) is 5.75 Å². The van der Waals surface area contributed by atoms with Crippen molar-refractivity contribution in [3.8, 4) is 5.75 Å². The molecule has 2 nitrogen and oxygen atoms in total. The largest absolute Gasteiger partial charge is 0.493 e. The summed E-state index contributed by atoms with van der Waals surface area (Å²) in [6, 6.07) is 5.68. The first-order chi connectivity index (χ1) is 4.75. The molecule has 2 N–H and O–H groups in total. The molecule has 1 aromatic rings. The van der Waals surface area contributed by atoms with E-state index < -0.39 is 0 Å². The second-order valence-corrected chi connectivity index (χ2v) is 3.02. The number of halogens is 1. The molecule has 1 rings (SSSR count). The lowest BCUT2D eigenvalue weighted by Gasteiger charge is -2.04. The monoisotopic (exact) mass is 249 g/mol. The maximum Gasteiger partial charge on any atom is 0.155 e. The maximum absolute atomic E-state index is 5.60. The molecule has 0 aromatic heterocycles. The third-order valence-corrected chi connectivity index (χ3v) is 2.05. The number of hydrogen-bond donors (Lipinski definition) is 1. The van der Waals surface area contributed by atoms with E-state index in [9.17, 15) is 0 Å². The molecule has 0 saturated heterocycles. The Hall–Kier alpha value is -0.450. The van der Waals surface area contributed by atoms with Gasteiger partial charge in [-0.15, -0.1) is 0 Å². The van der Waals surface area contributed by atoms with Crippen molar-refractivity contribution in [2.24, 2.45) is 0 Å². The van der Waals surface area contributed by atoms with Gasteiger partial charge in [-0.25, -0.2) is 0 Å². The highest BCUT2D eigenvalue weighted by Crippen LogP contribution is 2.26. The Kier molecular flexibility index (Phi) is 2.37. The molecule has 1 aromatic carbocycles. The van der Waals surface area contributed by atoms with E-state index in [1.165, 1.54) is 0 Å². The van der Waals surface area contributed by atoms with Gasteiger partial charge in [-0.1, -0.05) is 6.07 Å². The lowest BCUT2D eigenvalue weighted by Crippen LogP contribution is -1.93. The van der Waals surface area contributed by atoms with Gasteiger partial charge in [-0.3, -0.25) is 0 Å². The summed E-state index contributed by atoms with van der Waals surface area (Å²) in [5, 5.41) is 0. The number of benzene rings is 1. The third-order valence-electron chi connectivity index (χ3n) is 1.20. The molecule has 3 heteroatoms. The maximum atomic E-state index is 5.60. The molecule has 0 atom stereocenters. The Bertz CT molecular complexity index is 217. The molecule has 0 aliphatic heterocycles. The first kappa shape index (κ1) is 7.65. The quantitative estimate of drug-likeness (QED) is 0.609. The van der Waals surface area contributed by atoms with E-state index in [0.29, 0.717) is 5.69 Å². The minimum atomic E-state index is 0.689. The molecule has 0 spiro atoms. The first-order valence-electron chi connectivity index (χ1n) is 2.83. The van der Waals surface area contributed by atoms with E-state index in [4.69, 9.17) is 10.5 Å². The Balaban J connectivity index is 3.17. The van der Waals surface area contributed by atoms with Crippen molar-refractivity contribution in [2.75, 3.05) is 12.8 Å². The van der Waals surface area contributed by atoms with Gasteiger partial charge in [-0.2, -0.15) is 0 Å². The van der Waals surface area contributed by atoms with Gasteiger partial charge in [0, 0.05) is 0 Å². The topological polar surface area (TPSA) is 35.2 Å². The standard InChI is InChI=1S/C7H8INO/c1-10-7-5(8)3-2-4-6(7)9/h2-4H,9H2,1H3. The summed E-state index contributed by atoms with van der Waals surface area (Å²) in [5.74, 6) is 0.767. The smallest absolute Gasteiger partial charge is 0.155 e. The second kappa shape index (κ2) is 3.09. The lowest BCUT2D eigenvalue weighted by molar-refractivity contribution is 0.414. The van der Waals surface area contributed by atoms with Gasteiger partial charge in [-0.05, 0) is 34.7 Å². The van der Waals surface area contributed by atoms with Crippen molar-refractivity contribution in [1.82, 2.24) is 0 Å². The zero-order valence-corrected chi connectivity index (χ0v) is 7.75. The zero-order chi connectivity index (χ0) is 7.56. The predicted molar refractivity (Wildman–Crippen MR) is 50.1 cm³/mol. The Morgan fingerprint density at radius 3 is 2.60 bits per heavy atom. The molecule has 0 amide bonds. The van der Waals surface area contributed by atoms with Crippen LogP contribution in [0.15, 0.2) is 18.2 Å². The van der Waals surface area contributed by atoms with Crippen molar-refractivity contribution < 1.29 is 4.74 Å². The number of nitrogens with two attached hydrogens (primary N) is 1. The second-order valence-electron chi connectivity index (χ2n) is 1.86. The Labute approximate surface area is 73.5 Å². The number of para-hydroxylation sites is 1. The van der Waals surface area contributed by atoms with Crippen LogP contribution >= 0.6 is 22.6 Å². The first-order valence-corrected chi connectivity index (χ1v) is 3.91. The molecule has 0 aliphatic rings. The highest BCUT2D eigenvalue weighted by Gasteiger charge is 2.00. The van der Waals surface area contributed by atoms with Gasteiger partial charge in [0.25, 0.3) is 0 Å². The van der Waals surface area contributed by atoms with Gasteiger partial charge in [0.1, 0.15) is 0 Å². The van der Waals surface area contributed by atoms with Crippen molar-refractivity contribution in [3.05, 3.63) is 21.8 Å². The molecule has 0 aliphatic carbocycles. The van der Waals surface area contributed by atoms with Gasteiger partial charge in [0.05, 0.1) is 16.4 Å². The predicted octanol–water partition coefficient (Wildman–Crippen LogP) is 1.88. The lowest BCUT2D eigenvalue weighted by atomic mass is 10.3. The molecule has 10 heavy (non-hydrogen) atoms. The van der Waals surface area contributed by atoms with Crippen LogP contribution in [0.5, 0.6) is 5.75 Å². The van der Waals surface area contributed by atoms with Crippen LogP contribution in [0, 0.1) is 3.57 Å². The van der Waals surface area contributed by atoms with Crippen molar-refractivity contribution in [3.63, 3.8) is 0 Å². The van der Waals surface area contributed by atoms with Crippen LogP contribution in [0.3, 0.4) is 0 Å². The number of ether oxygens (including phenoxy) is 1. The molecule has 0 saturated carbocycles. The van der Waals surface area contributed by atoms with E-state index in [2.05, 4.69) is 22.6 Å². The highest BCUT2D eigenvalue weighted by atomic mass is 127. The van der Waals surface area contributed by atoms with Gasteiger partial charge >= 0.3 is 0 Å². The van der Waals surface area contributed by atoms with E-state index in [1.54, 1.807) is 7.11 Å². The summed E-state index contributed by atoms with van der Waals surface area (Å²) in [7, 11) is 1.62. The minimum absolute atomic E-state index is 0.689. The molecule has 0 unspecified atom stereocenters. The fourth-order valence-electron chi connectivity index (χ4n) is 0.741. The number of rotatable bonds is 1. The molecule has 0 fully saturated rings. The van der Waals surface area contributed by atoms with Crippen molar-refractivity contribution >= 4 is 28.3 Å². The van der Waals surface area contributed by atoms with Crippen LogP contribution in [0.1, 0.15) is 0 Å². The van der Waals surface area contributed by atoms with Crippen LogP contribution in [-0.4, -0.2) is 7.11 Å². The summed E-state index contributed by atoms with van der Waals surface area (Å²) >= 11 is 2.18. The van der Waals surface area contributed by atoms with E-state index in [1.807, 2.05) is 18.2 Å². The van der Waals surface area contributed by atoms with Crippen molar-refractivity contribution in [2.45, 2.75) is 0 Å². The number of hydrogen-bond acceptors (Lipinski definition) is 2. The zero-order valence-electron chi connectivity index (χ0n) is 5.60. The highest BCUT2D eigenvalue weighted by molar-refractivity contribution is 14.1. The van der Waals surface area contributed by atoms with Crippen LogP contribution < -0.4 is 10.5 Å². The molecular weight excluding hydrogens is 241 g/mol. The molecule has 0 bridgehead atoms. The summed E-state index contributed by atoms with van der Waals surface area (Å²) in [6.45, 7) is 0. The van der Waals surface area contributed by atoms with Crippen molar-refractivity contribution in [1.29, 1.82) is 0 Å². The Morgan fingerprint density at radius 1 is 1.50 bits per heavy atom. The summed E-state index contributed by atoms with van der Waals surface area (Å²) in [6.07, 6.45) is 0.